The van der Waals surface area contributed by atoms with Crippen molar-refractivity contribution in [1.29, 1.82) is 0 Å². The molecule has 4 rings (SSSR count). The van der Waals surface area contributed by atoms with Gasteiger partial charge in [0.1, 0.15) is 12.1 Å². The molecule has 0 amide bonds. The molecule has 0 radical (unpaired) electrons. The normalized spacial score (nSPS) is 13.4. The van der Waals surface area contributed by atoms with Crippen molar-refractivity contribution in [2.24, 2.45) is 0 Å². The van der Waals surface area contributed by atoms with Gasteiger partial charge in [-0.15, -0.1) is 0 Å². The molecular formula is C22H23N5. The van der Waals surface area contributed by atoms with E-state index >= 15 is 0 Å². The number of hydrogen-bond acceptors (Lipinski definition) is 5. The Bertz CT molecular complexity index is 1030. The first kappa shape index (κ1) is 17.4. The SMILES string of the molecule is C=C(C=C(C)C)CN1Cc2ncnc(Nc3cnc4ccccc4c3)c2C1. The van der Waals surface area contributed by atoms with E-state index < -0.39 is 0 Å². The van der Waals surface area contributed by atoms with Crippen molar-refractivity contribution >= 4 is 22.4 Å². The Morgan fingerprint density at radius 1 is 1.19 bits per heavy atom. The molecule has 136 valence electrons. The highest BCUT2D eigenvalue weighted by molar-refractivity contribution is 5.82. The monoisotopic (exact) mass is 357 g/mol. The lowest BCUT2D eigenvalue weighted by Gasteiger charge is -2.15. The van der Waals surface area contributed by atoms with Gasteiger partial charge < -0.3 is 5.32 Å². The topological polar surface area (TPSA) is 53.9 Å². The van der Waals surface area contributed by atoms with E-state index in [2.05, 4.69) is 63.8 Å². The third-order valence-corrected chi connectivity index (χ3v) is 4.56. The van der Waals surface area contributed by atoms with Crippen LogP contribution < -0.4 is 5.32 Å². The maximum atomic E-state index is 4.52. The molecule has 0 bridgehead atoms. The molecule has 3 aromatic rings. The zero-order valence-electron chi connectivity index (χ0n) is 15.7. The molecule has 1 aliphatic heterocycles. The summed E-state index contributed by atoms with van der Waals surface area (Å²) in [6, 6.07) is 10.2. The number of hydrogen-bond donors (Lipinski definition) is 1. The third kappa shape index (κ3) is 3.88. The van der Waals surface area contributed by atoms with Gasteiger partial charge in [-0.2, -0.15) is 0 Å². The number of anilines is 2. The number of fused-ring (bicyclic) bond motifs is 2. The van der Waals surface area contributed by atoms with Crippen LogP contribution >= 0.6 is 0 Å². The average Bonchev–Trinajstić information content (AvgIpc) is 3.04. The van der Waals surface area contributed by atoms with Gasteiger partial charge in [0.25, 0.3) is 0 Å². The first-order chi connectivity index (χ1) is 13.1. The predicted octanol–water partition coefficient (Wildman–Crippen LogP) is 4.61. The molecule has 5 nitrogen and oxygen atoms in total. The lowest BCUT2D eigenvalue weighted by Crippen LogP contribution is -2.18. The molecule has 27 heavy (non-hydrogen) atoms. The number of allylic oxidation sites excluding steroid dienone is 1. The summed E-state index contributed by atoms with van der Waals surface area (Å²) < 4.78 is 0. The fourth-order valence-corrected chi connectivity index (χ4v) is 3.48. The molecule has 0 atom stereocenters. The molecular weight excluding hydrogens is 334 g/mol. The molecule has 0 saturated carbocycles. The van der Waals surface area contributed by atoms with Gasteiger partial charge in [0, 0.05) is 30.6 Å². The highest BCUT2D eigenvalue weighted by atomic mass is 15.2. The molecule has 5 heteroatoms. The Morgan fingerprint density at radius 2 is 2.04 bits per heavy atom. The molecule has 1 aromatic carbocycles. The second kappa shape index (κ2) is 7.29. The molecule has 0 unspecified atom stereocenters. The summed E-state index contributed by atoms with van der Waals surface area (Å²) in [6.45, 7) is 10.8. The summed E-state index contributed by atoms with van der Waals surface area (Å²) in [4.78, 5) is 15.8. The largest absolute Gasteiger partial charge is 0.339 e. The minimum atomic E-state index is 0.815. The van der Waals surface area contributed by atoms with Gasteiger partial charge in [-0.25, -0.2) is 9.97 Å². The van der Waals surface area contributed by atoms with E-state index in [-0.39, 0.29) is 0 Å². The number of nitrogens with one attached hydrogen (secondary N) is 1. The van der Waals surface area contributed by atoms with Crippen molar-refractivity contribution in [2.45, 2.75) is 26.9 Å². The fraction of sp³-hybridized carbons (Fsp3) is 0.227. The van der Waals surface area contributed by atoms with Crippen LogP contribution in [0, 0.1) is 0 Å². The van der Waals surface area contributed by atoms with Crippen LogP contribution in [-0.2, 0) is 13.1 Å². The molecule has 0 fully saturated rings. The van der Waals surface area contributed by atoms with Crippen LogP contribution in [0.25, 0.3) is 10.9 Å². The average molecular weight is 357 g/mol. The summed E-state index contributed by atoms with van der Waals surface area (Å²) >= 11 is 0. The number of para-hydroxylation sites is 1. The van der Waals surface area contributed by atoms with E-state index in [4.69, 9.17) is 0 Å². The second-order valence-electron chi connectivity index (χ2n) is 7.21. The Morgan fingerprint density at radius 3 is 2.89 bits per heavy atom. The van der Waals surface area contributed by atoms with E-state index in [1.54, 1.807) is 6.33 Å². The minimum absolute atomic E-state index is 0.815. The van der Waals surface area contributed by atoms with Crippen LogP contribution in [-0.4, -0.2) is 26.4 Å². The van der Waals surface area contributed by atoms with Crippen molar-refractivity contribution in [3.8, 4) is 0 Å². The Hall–Kier alpha value is -3.05. The second-order valence-corrected chi connectivity index (χ2v) is 7.21. The van der Waals surface area contributed by atoms with E-state index in [1.807, 2.05) is 24.4 Å². The molecule has 0 aliphatic carbocycles. The number of nitrogens with zero attached hydrogens (tertiary/aromatic N) is 4. The van der Waals surface area contributed by atoms with Crippen molar-refractivity contribution in [3.05, 3.63) is 77.9 Å². The Balaban J connectivity index is 1.54. The molecule has 3 heterocycles. The Labute approximate surface area is 159 Å². The van der Waals surface area contributed by atoms with Gasteiger partial charge in [0.2, 0.25) is 0 Å². The first-order valence-corrected chi connectivity index (χ1v) is 9.08. The van der Waals surface area contributed by atoms with Crippen molar-refractivity contribution < 1.29 is 0 Å². The summed E-state index contributed by atoms with van der Waals surface area (Å²) in [5.74, 6) is 0.854. The molecule has 1 N–H and O–H groups in total. The number of benzene rings is 1. The van der Waals surface area contributed by atoms with Crippen molar-refractivity contribution in [3.63, 3.8) is 0 Å². The van der Waals surface area contributed by atoms with Crippen molar-refractivity contribution in [2.75, 3.05) is 11.9 Å². The van der Waals surface area contributed by atoms with Crippen LogP contribution in [0.4, 0.5) is 11.5 Å². The van der Waals surface area contributed by atoms with Crippen LogP contribution in [0.15, 0.2) is 66.7 Å². The smallest absolute Gasteiger partial charge is 0.138 e. The predicted molar refractivity (Wildman–Crippen MR) is 110 cm³/mol. The standard InChI is InChI=1S/C22H23N5/c1-15(2)8-16(3)11-27-12-19-21(13-27)24-14-25-22(19)26-18-9-17-6-4-5-7-20(17)23-10-18/h4-10,14H,3,11-13H2,1-2H3,(H,24,25,26). The van der Waals surface area contributed by atoms with Crippen LogP contribution in [0.3, 0.4) is 0 Å². The first-order valence-electron chi connectivity index (χ1n) is 9.08. The van der Waals surface area contributed by atoms with Gasteiger partial charge in [0.15, 0.2) is 0 Å². The van der Waals surface area contributed by atoms with Crippen molar-refractivity contribution in [1.82, 2.24) is 19.9 Å². The maximum Gasteiger partial charge on any atom is 0.138 e. The lowest BCUT2D eigenvalue weighted by atomic mass is 10.2. The highest BCUT2D eigenvalue weighted by Gasteiger charge is 2.24. The minimum Gasteiger partial charge on any atom is -0.339 e. The Kier molecular flexibility index (Phi) is 4.69. The maximum absolute atomic E-state index is 4.52. The molecule has 0 saturated heterocycles. The van der Waals surface area contributed by atoms with Crippen LogP contribution in [0.1, 0.15) is 25.1 Å². The van der Waals surface area contributed by atoms with E-state index in [0.717, 1.165) is 58.9 Å². The quantitative estimate of drug-likeness (QED) is 0.676. The van der Waals surface area contributed by atoms with Gasteiger partial charge in [0.05, 0.1) is 23.1 Å². The number of rotatable bonds is 5. The van der Waals surface area contributed by atoms with Gasteiger partial charge in [-0.3, -0.25) is 9.88 Å². The number of aromatic nitrogens is 3. The zero-order valence-corrected chi connectivity index (χ0v) is 15.7. The van der Waals surface area contributed by atoms with Crippen LogP contribution in [0.5, 0.6) is 0 Å². The van der Waals surface area contributed by atoms with Crippen LogP contribution in [0.2, 0.25) is 0 Å². The van der Waals surface area contributed by atoms with Gasteiger partial charge in [-0.05, 0) is 31.6 Å². The van der Waals surface area contributed by atoms with E-state index in [0.29, 0.717) is 0 Å². The van der Waals surface area contributed by atoms with Gasteiger partial charge >= 0.3 is 0 Å². The molecule has 1 aliphatic rings. The summed E-state index contributed by atoms with van der Waals surface area (Å²) in [7, 11) is 0. The molecule has 0 spiro atoms. The fourth-order valence-electron chi connectivity index (χ4n) is 3.48. The molecule has 2 aromatic heterocycles. The zero-order chi connectivity index (χ0) is 18.8. The van der Waals surface area contributed by atoms with E-state index in [9.17, 15) is 0 Å². The third-order valence-electron chi connectivity index (χ3n) is 4.56. The summed E-state index contributed by atoms with van der Waals surface area (Å²) in [5, 5.41) is 4.53. The van der Waals surface area contributed by atoms with E-state index in [1.165, 1.54) is 5.57 Å². The summed E-state index contributed by atoms with van der Waals surface area (Å²) in [5.41, 5.74) is 6.52. The lowest BCUT2D eigenvalue weighted by molar-refractivity contribution is 0.310. The van der Waals surface area contributed by atoms with Gasteiger partial charge in [-0.1, -0.05) is 36.4 Å². The highest BCUT2D eigenvalue weighted by Crippen LogP contribution is 2.29. The summed E-state index contributed by atoms with van der Waals surface area (Å²) in [6.07, 6.45) is 5.61. The number of pyridine rings is 1.